The summed E-state index contributed by atoms with van der Waals surface area (Å²) in [7, 11) is 2.08. The predicted octanol–water partition coefficient (Wildman–Crippen LogP) is 1.79. The molecule has 1 saturated heterocycles. The van der Waals surface area contributed by atoms with Crippen LogP contribution >= 0.6 is 0 Å². The Hall–Kier alpha value is -2.22. The highest BCUT2D eigenvalue weighted by Gasteiger charge is 2.25. The molecule has 8 heteroatoms. The third kappa shape index (κ3) is 4.25. The molecule has 8 nitrogen and oxygen atoms in total. The van der Waals surface area contributed by atoms with E-state index < -0.39 is 0 Å². The molecule has 0 aliphatic carbocycles. The summed E-state index contributed by atoms with van der Waals surface area (Å²) in [6.45, 7) is 6.02. The molecule has 3 heterocycles. The minimum atomic E-state index is 0.0213. The van der Waals surface area contributed by atoms with Gasteiger partial charge in [-0.2, -0.15) is 10.1 Å². The fraction of sp³-hybridized carbons (Fsp3) is 0.647. The highest BCUT2D eigenvalue weighted by molar-refractivity contribution is 5.92. The lowest BCUT2D eigenvalue weighted by atomic mass is 10.1. The molecule has 1 fully saturated rings. The van der Waals surface area contributed by atoms with Gasteiger partial charge in [0.25, 0.3) is 5.91 Å². The van der Waals surface area contributed by atoms with Crippen molar-refractivity contribution in [3.8, 4) is 0 Å². The van der Waals surface area contributed by atoms with Gasteiger partial charge in [0.05, 0.1) is 6.54 Å². The molecular formula is C17H26N6O2. The molecule has 1 N–H and O–H groups in total. The van der Waals surface area contributed by atoms with Crippen LogP contribution in [0.3, 0.4) is 0 Å². The van der Waals surface area contributed by atoms with Gasteiger partial charge in [-0.3, -0.25) is 14.8 Å². The number of hydrogen-bond donors (Lipinski definition) is 1. The SMILES string of the molecule is CCc1cc(C(=O)N2CCC[C@H](N(C)Cc3noc(C)n3)CC2)n[nH]1. The van der Waals surface area contributed by atoms with Crippen LogP contribution in [-0.4, -0.2) is 62.2 Å². The van der Waals surface area contributed by atoms with Crippen molar-refractivity contribution < 1.29 is 9.32 Å². The van der Waals surface area contributed by atoms with Crippen LogP contribution in [0.5, 0.6) is 0 Å². The third-order valence-electron chi connectivity index (χ3n) is 4.80. The first-order valence-corrected chi connectivity index (χ1v) is 8.89. The molecule has 1 amide bonds. The monoisotopic (exact) mass is 346 g/mol. The molecule has 25 heavy (non-hydrogen) atoms. The Morgan fingerprint density at radius 1 is 1.44 bits per heavy atom. The smallest absolute Gasteiger partial charge is 0.274 e. The minimum absolute atomic E-state index is 0.0213. The molecule has 0 aromatic carbocycles. The topological polar surface area (TPSA) is 91.2 Å². The van der Waals surface area contributed by atoms with Crippen molar-refractivity contribution in [2.45, 2.75) is 52.1 Å². The zero-order valence-corrected chi connectivity index (χ0v) is 15.2. The van der Waals surface area contributed by atoms with Gasteiger partial charge >= 0.3 is 0 Å². The Morgan fingerprint density at radius 2 is 2.28 bits per heavy atom. The van der Waals surface area contributed by atoms with E-state index in [-0.39, 0.29) is 5.91 Å². The van der Waals surface area contributed by atoms with Gasteiger partial charge in [-0.05, 0) is 38.8 Å². The van der Waals surface area contributed by atoms with Gasteiger partial charge in [-0.15, -0.1) is 0 Å². The normalized spacial score (nSPS) is 18.6. The van der Waals surface area contributed by atoms with Crippen LogP contribution in [0.1, 0.15) is 54.1 Å². The minimum Gasteiger partial charge on any atom is -0.340 e. The molecule has 2 aromatic rings. The van der Waals surface area contributed by atoms with Gasteiger partial charge in [0.15, 0.2) is 5.82 Å². The predicted molar refractivity (Wildman–Crippen MR) is 92.0 cm³/mol. The van der Waals surface area contributed by atoms with E-state index in [1.54, 1.807) is 6.92 Å². The number of H-pyrrole nitrogens is 1. The lowest BCUT2D eigenvalue weighted by Gasteiger charge is -2.26. The summed E-state index contributed by atoms with van der Waals surface area (Å²) < 4.78 is 5.04. The van der Waals surface area contributed by atoms with Crippen LogP contribution in [0.25, 0.3) is 0 Å². The summed E-state index contributed by atoms with van der Waals surface area (Å²) in [4.78, 5) is 21.1. The molecule has 1 atom stereocenters. The Labute approximate surface area is 147 Å². The summed E-state index contributed by atoms with van der Waals surface area (Å²) in [6.07, 6.45) is 3.82. The van der Waals surface area contributed by atoms with E-state index in [1.165, 1.54) is 0 Å². The van der Waals surface area contributed by atoms with E-state index in [9.17, 15) is 4.79 Å². The standard InChI is InChI=1S/C17H26N6O2/c1-4-13-10-15(20-19-13)17(24)23-8-5-6-14(7-9-23)22(3)11-16-18-12(2)25-21-16/h10,14H,4-9,11H2,1-3H3,(H,19,20)/t14-/m0/s1. The Morgan fingerprint density at radius 3 is 2.96 bits per heavy atom. The average Bonchev–Trinajstić information content (AvgIpc) is 3.16. The van der Waals surface area contributed by atoms with E-state index in [1.807, 2.05) is 17.9 Å². The third-order valence-corrected chi connectivity index (χ3v) is 4.80. The maximum absolute atomic E-state index is 12.6. The van der Waals surface area contributed by atoms with Crippen LogP contribution in [0, 0.1) is 6.92 Å². The summed E-state index contributed by atoms with van der Waals surface area (Å²) in [5.41, 5.74) is 1.51. The lowest BCUT2D eigenvalue weighted by molar-refractivity contribution is 0.0751. The van der Waals surface area contributed by atoms with Crippen molar-refractivity contribution in [1.29, 1.82) is 0 Å². The molecule has 1 aliphatic heterocycles. The number of rotatable bonds is 5. The first kappa shape index (κ1) is 17.6. The van der Waals surface area contributed by atoms with E-state index in [2.05, 4.69) is 32.3 Å². The zero-order chi connectivity index (χ0) is 17.8. The van der Waals surface area contributed by atoms with Crippen molar-refractivity contribution in [2.24, 2.45) is 0 Å². The summed E-state index contributed by atoms with van der Waals surface area (Å²) in [5, 5.41) is 11.0. The van der Waals surface area contributed by atoms with Gasteiger partial charge < -0.3 is 9.42 Å². The number of nitrogens with zero attached hydrogens (tertiary/aromatic N) is 5. The molecule has 1 aliphatic rings. The highest BCUT2D eigenvalue weighted by Crippen LogP contribution is 2.19. The summed E-state index contributed by atoms with van der Waals surface area (Å²) in [5.74, 6) is 1.32. The lowest BCUT2D eigenvalue weighted by Crippen LogP contribution is -2.35. The molecular weight excluding hydrogens is 320 g/mol. The zero-order valence-electron chi connectivity index (χ0n) is 15.2. The molecule has 0 bridgehead atoms. The number of carbonyl (C=O) groups is 1. The van der Waals surface area contributed by atoms with Gasteiger partial charge in [0.2, 0.25) is 5.89 Å². The number of carbonyl (C=O) groups excluding carboxylic acids is 1. The fourth-order valence-electron chi connectivity index (χ4n) is 3.29. The Kier molecular flexibility index (Phi) is 5.47. The van der Waals surface area contributed by atoms with Crippen LogP contribution in [0.4, 0.5) is 0 Å². The quantitative estimate of drug-likeness (QED) is 0.887. The highest BCUT2D eigenvalue weighted by atomic mass is 16.5. The number of hydrogen-bond acceptors (Lipinski definition) is 6. The Bertz CT molecular complexity index is 710. The fourth-order valence-corrected chi connectivity index (χ4v) is 3.29. The molecule has 0 radical (unpaired) electrons. The first-order valence-electron chi connectivity index (χ1n) is 8.89. The summed E-state index contributed by atoms with van der Waals surface area (Å²) >= 11 is 0. The largest absolute Gasteiger partial charge is 0.340 e. The van der Waals surface area contributed by atoms with E-state index in [0.29, 0.717) is 30.0 Å². The number of aryl methyl sites for hydroxylation is 2. The van der Waals surface area contributed by atoms with E-state index in [0.717, 1.165) is 44.5 Å². The molecule has 2 aromatic heterocycles. The Balaban J connectivity index is 1.57. The maximum atomic E-state index is 12.6. The van der Waals surface area contributed by atoms with E-state index >= 15 is 0 Å². The average molecular weight is 346 g/mol. The van der Waals surface area contributed by atoms with Crippen LogP contribution in [0.2, 0.25) is 0 Å². The second kappa shape index (κ2) is 7.77. The van der Waals surface area contributed by atoms with Crippen LogP contribution in [0.15, 0.2) is 10.6 Å². The van der Waals surface area contributed by atoms with Crippen molar-refractivity contribution in [3.05, 3.63) is 29.2 Å². The number of likely N-dealkylation sites (tertiary alicyclic amines) is 1. The summed E-state index contributed by atoms with van der Waals surface area (Å²) in [6, 6.07) is 2.26. The molecule has 0 spiro atoms. The maximum Gasteiger partial charge on any atom is 0.274 e. The second-order valence-electron chi connectivity index (χ2n) is 6.65. The van der Waals surface area contributed by atoms with Crippen molar-refractivity contribution >= 4 is 5.91 Å². The first-order chi connectivity index (χ1) is 12.1. The van der Waals surface area contributed by atoms with Crippen LogP contribution in [-0.2, 0) is 13.0 Å². The molecule has 0 unspecified atom stereocenters. The molecule has 3 rings (SSSR count). The number of aromatic nitrogens is 4. The van der Waals surface area contributed by atoms with Crippen LogP contribution < -0.4 is 0 Å². The van der Waals surface area contributed by atoms with Crippen molar-refractivity contribution in [3.63, 3.8) is 0 Å². The van der Waals surface area contributed by atoms with E-state index in [4.69, 9.17) is 4.52 Å². The van der Waals surface area contributed by atoms with Gasteiger partial charge in [0, 0.05) is 31.7 Å². The molecule has 0 saturated carbocycles. The van der Waals surface area contributed by atoms with Gasteiger partial charge in [-0.1, -0.05) is 12.1 Å². The number of nitrogens with one attached hydrogen (secondary N) is 1. The number of amides is 1. The van der Waals surface area contributed by atoms with Crippen molar-refractivity contribution in [1.82, 2.24) is 30.1 Å². The molecule has 136 valence electrons. The second-order valence-corrected chi connectivity index (χ2v) is 6.65. The number of aromatic amines is 1. The van der Waals surface area contributed by atoms with Gasteiger partial charge in [-0.25, -0.2) is 0 Å². The van der Waals surface area contributed by atoms with Gasteiger partial charge in [0.1, 0.15) is 5.69 Å². The van der Waals surface area contributed by atoms with Crippen molar-refractivity contribution in [2.75, 3.05) is 20.1 Å².